The molecule has 0 aromatic carbocycles. The van der Waals surface area contributed by atoms with E-state index in [4.69, 9.17) is 11.6 Å². The number of halogens is 1. The SMILES string of the molecule is CN(CCS(=O)(=O)C(C)(C)C)C1CCCCC1Cl. The fraction of sp³-hybridized carbons (Fsp3) is 1.00. The van der Waals surface area contributed by atoms with Crippen LogP contribution in [0.15, 0.2) is 0 Å². The predicted octanol–water partition coefficient (Wildman–Crippen LogP) is 2.68. The number of nitrogens with zero attached hydrogens (tertiary/aromatic N) is 1. The minimum atomic E-state index is -3.03. The molecular weight excluding hydrogens is 270 g/mol. The minimum Gasteiger partial charge on any atom is -0.301 e. The summed E-state index contributed by atoms with van der Waals surface area (Å²) in [5, 5.41) is 0.168. The number of sulfone groups is 1. The standard InChI is InChI=1S/C13H26ClNO2S/c1-13(2,3)18(16,17)10-9-15(4)12-8-6-5-7-11(12)14/h11-12H,5-10H2,1-4H3. The molecule has 0 radical (unpaired) electrons. The Morgan fingerprint density at radius 3 is 2.28 bits per heavy atom. The zero-order valence-corrected chi connectivity index (χ0v) is 13.5. The normalized spacial score (nSPS) is 26.6. The van der Waals surface area contributed by atoms with Crippen LogP contribution < -0.4 is 0 Å². The van der Waals surface area contributed by atoms with E-state index in [1.165, 1.54) is 12.8 Å². The quantitative estimate of drug-likeness (QED) is 0.748. The summed E-state index contributed by atoms with van der Waals surface area (Å²) in [5.74, 6) is 0.215. The number of rotatable bonds is 4. The van der Waals surface area contributed by atoms with Crippen LogP contribution in [0.5, 0.6) is 0 Å². The van der Waals surface area contributed by atoms with Crippen molar-refractivity contribution in [3.8, 4) is 0 Å². The van der Waals surface area contributed by atoms with Gasteiger partial charge < -0.3 is 4.90 Å². The first kappa shape index (κ1) is 16.3. The Bertz CT molecular complexity index is 362. The van der Waals surface area contributed by atoms with Crippen LogP contribution in [0.1, 0.15) is 46.5 Å². The smallest absolute Gasteiger partial charge is 0.156 e. The lowest BCUT2D eigenvalue weighted by atomic mass is 9.94. The van der Waals surface area contributed by atoms with Crippen LogP contribution in [0.3, 0.4) is 0 Å². The van der Waals surface area contributed by atoms with E-state index < -0.39 is 14.6 Å². The highest BCUT2D eigenvalue weighted by Crippen LogP contribution is 2.26. The molecule has 1 aliphatic rings. The average Bonchev–Trinajstić information content (AvgIpc) is 2.25. The highest BCUT2D eigenvalue weighted by molar-refractivity contribution is 7.92. The Hall–Kier alpha value is 0.200. The van der Waals surface area contributed by atoms with Crippen LogP contribution >= 0.6 is 11.6 Å². The molecule has 0 aliphatic heterocycles. The third-order valence-corrected chi connectivity index (χ3v) is 6.95. The molecule has 2 unspecified atom stereocenters. The van der Waals surface area contributed by atoms with Gasteiger partial charge in [0, 0.05) is 18.0 Å². The zero-order valence-electron chi connectivity index (χ0n) is 11.9. The Kier molecular flexibility index (Phi) is 5.51. The first-order valence-corrected chi connectivity index (χ1v) is 8.80. The Morgan fingerprint density at radius 2 is 1.78 bits per heavy atom. The second kappa shape index (κ2) is 6.10. The maximum atomic E-state index is 12.1. The first-order valence-electron chi connectivity index (χ1n) is 6.72. The van der Waals surface area contributed by atoms with Gasteiger partial charge in [0.15, 0.2) is 9.84 Å². The molecule has 0 aromatic heterocycles. The molecule has 5 heteroatoms. The molecule has 1 rings (SSSR count). The lowest BCUT2D eigenvalue weighted by Crippen LogP contribution is -2.44. The van der Waals surface area contributed by atoms with E-state index in [1.807, 2.05) is 7.05 Å². The van der Waals surface area contributed by atoms with Gasteiger partial charge in [-0.05, 0) is 40.7 Å². The van der Waals surface area contributed by atoms with E-state index in [1.54, 1.807) is 20.8 Å². The molecule has 0 saturated heterocycles. The van der Waals surface area contributed by atoms with Gasteiger partial charge in [-0.15, -0.1) is 11.6 Å². The van der Waals surface area contributed by atoms with Crippen LogP contribution in [0.25, 0.3) is 0 Å². The van der Waals surface area contributed by atoms with Gasteiger partial charge in [-0.2, -0.15) is 0 Å². The second-order valence-electron chi connectivity index (χ2n) is 6.28. The summed E-state index contributed by atoms with van der Waals surface area (Å²) in [6.45, 7) is 5.85. The maximum absolute atomic E-state index is 12.1. The zero-order chi connectivity index (χ0) is 14.0. The second-order valence-corrected chi connectivity index (χ2v) is 9.70. The van der Waals surface area contributed by atoms with Gasteiger partial charge in [0.05, 0.1) is 10.5 Å². The molecule has 0 heterocycles. The van der Waals surface area contributed by atoms with Crippen molar-refractivity contribution < 1.29 is 8.42 Å². The summed E-state index contributed by atoms with van der Waals surface area (Å²) < 4.78 is 23.5. The Morgan fingerprint density at radius 1 is 1.22 bits per heavy atom. The molecule has 0 amide bonds. The van der Waals surface area contributed by atoms with Crippen molar-refractivity contribution in [1.29, 1.82) is 0 Å². The summed E-state index contributed by atoms with van der Waals surface area (Å²) in [6.07, 6.45) is 4.52. The largest absolute Gasteiger partial charge is 0.301 e. The molecule has 0 aromatic rings. The fourth-order valence-corrected chi connectivity index (χ4v) is 3.91. The van der Waals surface area contributed by atoms with Crippen molar-refractivity contribution in [2.24, 2.45) is 0 Å². The summed E-state index contributed by atoms with van der Waals surface area (Å²) in [6, 6.07) is 0.329. The van der Waals surface area contributed by atoms with Gasteiger partial charge in [-0.1, -0.05) is 12.8 Å². The van der Waals surface area contributed by atoms with Gasteiger partial charge >= 0.3 is 0 Å². The van der Waals surface area contributed by atoms with Crippen LogP contribution in [0, 0.1) is 0 Å². The van der Waals surface area contributed by atoms with Crippen LogP contribution in [-0.2, 0) is 9.84 Å². The van der Waals surface area contributed by atoms with Crippen LogP contribution in [0.4, 0.5) is 0 Å². The van der Waals surface area contributed by atoms with E-state index in [0.29, 0.717) is 12.6 Å². The molecule has 1 fully saturated rings. The van der Waals surface area contributed by atoms with Crippen molar-refractivity contribution in [3.63, 3.8) is 0 Å². The summed E-state index contributed by atoms with van der Waals surface area (Å²) in [7, 11) is -1.04. The van der Waals surface area contributed by atoms with Crippen molar-refractivity contribution in [2.45, 2.75) is 62.6 Å². The molecule has 1 saturated carbocycles. The van der Waals surface area contributed by atoms with E-state index in [0.717, 1.165) is 12.8 Å². The topological polar surface area (TPSA) is 37.4 Å². The summed E-state index contributed by atoms with van der Waals surface area (Å²) >= 11 is 6.33. The van der Waals surface area contributed by atoms with Crippen molar-refractivity contribution in [2.75, 3.05) is 19.3 Å². The third-order valence-electron chi connectivity index (χ3n) is 3.86. The molecule has 108 valence electrons. The summed E-state index contributed by atoms with van der Waals surface area (Å²) in [5.41, 5.74) is 0. The van der Waals surface area contributed by atoms with E-state index >= 15 is 0 Å². The third kappa shape index (κ3) is 4.10. The van der Waals surface area contributed by atoms with Gasteiger partial charge in [0.2, 0.25) is 0 Å². The number of alkyl halides is 1. The molecule has 3 nitrogen and oxygen atoms in total. The predicted molar refractivity (Wildman–Crippen MR) is 78.1 cm³/mol. The fourth-order valence-electron chi connectivity index (χ4n) is 2.30. The van der Waals surface area contributed by atoms with Crippen molar-refractivity contribution in [1.82, 2.24) is 4.90 Å². The average molecular weight is 296 g/mol. The molecule has 0 N–H and O–H groups in total. The van der Waals surface area contributed by atoms with Crippen molar-refractivity contribution in [3.05, 3.63) is 0 Å². The Balaban J connectivity index is 2.53. The minimum absolute atomic E-state index is 0.168. The van der Waals surface area contributed by atoms with Crippen LogP contribution in [-0.4, -0.2) is 48.8 Å². The lowest BCUT2D eigenvalue weighted by Gasteiger charge is -2.35. The van der Waals surface area contributed by atoms with E-state index in [9.17, 15) is 8.42 Å². The first-order chi connectivity index (χ1) is 8.15. The van der Waals surface area contributed by atoms with Gasteiger partial charge in [-0.25, -0.2) is 8.42 Å². The van der Waals surface area contributed by atoms with Gasteiger partial charge in [0.25, 0.3) is 0 Å². The molecular formula is C13H26ClNO2S. The van der Waals surface area contributed by atoms with Gasteiger partial charge in [0.1, 0.15) is 0 Å². The number of hydrogen-bond donors (Lipinski definition) is 0. The monoisotopic (exact) mass is 295 g/mol. The Labute approximate surface area is 117 Å². The van der Waals surface area contributed by atoms with Gasteiger partial charge in [-0.3, -0.25) is 0 Å². The van der Waals surface area contributed by atoms with E-state index in [2.05, 4.69) is 4.90 Å². The van der Waals surface area contributed by atoms with Crippen molar-refractivity contribution >= 4 is 21.4 Å². The summed E-state index contributed by atoms with van der Waals surface area (Å²) in [4.78, 5) is 2.13. The molecule has 18 heavy (non-hydrogen) atoms. The molecule has 0 spiro atoms. The lowest BCUT2D eigenvalue weighted by molar-refractivity contribution is 0.205. The molecule has 0 bridgehead atoms. The molecule has 1 aliphatic carbocycles. The molecule has 2 atom stereocenters. The maximum Gasteiger partial charge on any atom is 0.156 e. The highest BCUT2D eigenvalue weighted by atomic mass is 35.5. The van der Waals surface area contributed by atoms with Crippen LogP contribution in [0.2, 0.25) is 0 Å². The number of hydrogen-bond acceptors (Lipinski definition) is 3. The highest BCUT2D eigenvalue weighted by Gasteiger charge is 2.31. The van der Waals surface area contributed by atoms with E-state index in [-0.39, 0.29) is 11.1 Å².